The van der Waals surface area contributed by atoms with Crippen LogP contribution in [0.5, 0.6) is 0 Å². The van der Waals surface area contributed by atoms with Gasteiger partial charge in [0.2, 0.25) is 0 Å². The van der Waals surface area contributed by atoms with E-state index < -0.39 is 0 Å². The zero-order valence-corrected chi connectivity index (χ0v) is 11.3. The molecule has 0 saturated carbocycles. The Morgan fingerprint density at radius 3 is 2.44 bits per heavy atom. The van der Waals surface area contributed by atoms with Gasteiger partial charge in [-0.1, -0.05) is 29.8 Å². The summed E-state index contributed by atoms with van der Waals surface area (Å²) in [5, 5.41) is 3.59. The summed E-state index contributed by atoms with van der Waals surface area (Å²) in [4.78, 5) is 0. The number of aryl methyl sites for hydroxylation is 1. The molecule has 2 aromatic rings. The summed E-state index contributed by atoms with van der Waals surface area (Å²) in [5.41, 5.74) is 2.63. The monoisotopic (exact) mass is 243 g/mol. The van der Waals surface area contributed by atoms with Crippen molar-refractivity contribution in [1.29, 1.82) is 0 Å². The third-order valence-electron chi connectivity index (χ3n) is 3.20. The third-order valence-corrected chi connectivity index (χ3v) is 3.20. The Bertz CT molecular complexity index is 458. The summed E-state index contributed by atoms with van der Waals surface area (Å²) in [6, 6.07) is 13.4. The van der Waals surface area contributed by atoms with E-state index in [1.54, 1.807) is 6.26 Å². The lowest BCUT2D eigenvalue weighted by molar-refractivity contribution is 0.429. The van der Waals surface area contributed by atoms with E-state index in [-0.39, 0.29) is 0 Å². The lowest BCUT2D eigenvalue weighted by Gasteiger charge is -2.19. The van der Waals surface area contributed by atoms with Crippen LogP contribution in [0.3, 0.4) is 0 Å². The Balaban J connectivity index is 1.90. The minimum absolute atomic E-state index is 0.357. The van der Waals surface area contributed by atoms with Crippen LogP contribution in [0.2, 0.25) is 0 Å². The van der Waals surface area contributed by atoms with Gasteiger partial charge in [0.1, 0.15) is 5.76 Å². The molecule has 1 aromatic heterocycles. The molecule has 96 valence electrons. The smallest absolute Gasteiger partial charge is 0.105 e. The number of benzene rings is 1. The number of hydrogen-bond acceptors (Lipinski definition) is 2. The maximum absolute atomic E-state index is 5.37. The summed E-state index contributed by atoms with van der Waals surface area (Å²) in [6.07, 6.45) is 2.65. The fraction of sp³-hybridized carbons (Fsp3) is 0.375. The number of rotatable bonds is 5. The molecule has 2 nitrogen and oxygen atoms in total. The highest BCUT2D eigenvalue weighted by atomic mass is 16.3. The molecule has 0 radical (unpaired) electrons. The number of nitrogens with one attached hydrogen (secondary N) is 1. The quantitative estimate of drug-likeness (QED) is 0.862. The highest BCUT2D eigenvalue weighted by Crippen LogP contribution is 2.15. The first kappa shape index (κ1) is 12.9. The largest absolute Gasteiger partial charge is 0.469 e. The molecule has 1 heterocycles. The molecule has 0 fully saturated rings. The highest BCUT2D eigenvalue weighted by molar-refractivity contribution is 5.23. The van der Waals surface area contributed by atoms with Crippen LogP contribution in [0, 0.1) is 6.92 Å². The van der Waals surface area contributed by atoms with Gasteiger partial charge >= 0.3 is 0 Å². The number of hydrogen-bond donors (Lipinski definition) is 1. The van der Waals surface area contributed by atoms with Crippen molar-refractivity contribution in [3.8, 4) is 0 Å². The van der Waals surface area contributed by atoms with E-state index in [2.05, 4.69) is 50.4 Å². The average molecular weight is 243 g/mol. The SMILES string of the molecule is Cc1ccc([C@@H](C)NC(C)Cc2ccco2)cc1. The van der Waals surface area contributed by atoms with Gasteiger partial charge < -0.3 is 9.73 Å². The predicted molar refractivity (Wildman–Crippen MR) is 74.6 cm³/mol. The van der Waals surface area contributed by atoms with Crippen molar-refractivity contribution < 1.29 is 4.42 Å². The van der Waals surface area contributed by atoms with Gasteiger partial charge in [0.15, 0.2) is 0 Å². The topological polar surface area (TPSA) is 25.2 Å². The second-order valence-electron chi connectivity index (χ2n) is 4.98. The van der Waals surface area contributed by atoms with Gasteiger partial charge in [0.05, 0.1) is 6.26 Å². The minimum atomic E-state index is 0.357. The van der Waals surface area contributed by atoms with E-state index in [1.165, 1.54) is 11.1 Å². The van der Waals surface area contributed by atoms with Gasteiger partial charge in [-0.15, -0.1) is 0 Å². The van der Waals surface area contributed by atoms with Crippen molar-refractivity contribution in [2.24, 2.45) is 0 Å². The minimum Gasteiger partial charge on any atom is -0.469 e. The first-order chi connectivity index (χ1) is 8.65. The van der Waals surface area contributed by atoms with Gasteiger partial charge in [-0.25, -0.2) is 0 Å². The van der Waals surface area contributed by atoms with Crippen LogP contribution < -0.4 is 5.32 Å². The van der Waals surface area contributed by atoms with Crippen molar-refractivity contribution in [2.75, 3.05) is 0 Å². The third kappa shape index (κ3) is 3.47. The van der Waals surface area contributed by atoms with Crippen molar-refractivity contribution in [2.45, 2.75) is 39.3 Å². The van der Waals surface area contributed by atoms with Crippen LogP contribution >= 0.6 is 0 Å². The van der Waals surface area contributed by atoms with E-state index in [0.29, 0.717) is 12.1 Å². The van der Waals surface area contributed by atoms with Gasteiger partial charge in [-0.05, 0) is 38.5 Å². The normalized spacial score (nSPS) is 14.4. The first-order valence-electron chi connectivity index (χ1n) is 6.50. The van der Waals surface area contributed by atoms with Crippen molar-refractivity contribution in [3.63, 3.8) is 0 Å². The van der Waals surface area contributed by atoms with Crippen molar-refractivity contribution in [3.05, 3.63) is 59.5 Å². The van der Waals surface area contributed by atoms with Crippen molar-refractivity contribution >= 4 is 0 Å². The lowest BCUT2D eigenvalue weighted by atomic mass is 10.0. The van der Waals surface area contributed by atoms with Crippen LogP contribution in [0.4, 0.5) is 0 Å². The summed E-state index contributed by atoms with van der Waals surface area (Å²) >= 11 is 0. The van der Waals surface area contributed by atoms with Crippen LogP contribution in [-0.4, -0.2) is 6.04 Å². The molecule has 2 heteroatoms. The highest BCUT2D eigenvalue weighted by Gasteiger charge is 2.10. The molecule has 0 amide bonds. The van der Waals surface area contributed by atoms with Gasteiger partial charge in [0.25, 0.3) is 0 Å². The molecular formula is C16H21NO. The summed E-state index contributed by atoms with van der Waals surface area (Å²) < 4.78 is 5.37. The second-order valence-corrected chi connectivity index (χ2v) is 4.98. The molecule has 0 aliphatic rings. The maximum Gasteiger partial charge on any atom is 0.105 e. The molecular weight excluding hydrogens is 222 g/mol. The molecule has 1 N–H and O–H groups in total. The van der Waals surface area contributed by atoms with Crippen LogP contribution in [0.15, 0.2) is 47.1 Å². The predicted octanol–water partition coefficient (Wildman–Crippen LogP) is 3.87. The molecule has 0 saturated heterocycles. The van der Waals surface area contributed by atoms with E-state index in [9.17, 15) is 0 Å². The van der Waals surface area contributed by atoms with Crippen LogP contribution in [0.1, 0.15) is 36.8 Å². The molecule has 2 atom stereocenters. The Labute approximate surface area is 109 Å². The summed E-state index contributed by atoms with van der Waals surface area (Å²) in [5.74, 6) is 1.03. The lowest BCUT2D eigenvalue weighted by Crippen LogP contribution is -2.30. The summed E-state index contributed by atoms with van der Waals surface area (Å²) in [7, 11) is 0. The van der Waals surface area contributed by atoms with E-state index in [0.717, 1.165) is 12.2 Å². The molecule has 1 unspecified atom stereocenters. The Morgan fingerprint density at radius 1 is 1.11 bits per heavy atom. The zero-order valence-electron chi connectivity index (χ0n) is 11.3. The Hall–Kier alpha value is -1.54. The second kappa shape index (κ2) is 5.87. The van der Waals surface area contributed by atoms with E-state index in [4.69, 9.17) is 4.42 Å². The number of furan rings is 1. The van der Waals surface area contributed by atoms with E-state index >= 15 is 0 Å². The van der Waals surface area contributed by atoms with Gasteiger partial charge in [-0.3, -0.25) is 0 Å². The molecule has 0 aliphatic heterocycles. The molecule has 0 spiro atoms. The van der Waals surface area contributed by atoms with Gasteiger partial charge in [-0.2, -0.15) is 0 Å². The van der Waals surface area contributed by atoms with Gasteiger partial charge in [0, 0.05) is 18.5 Å². The average Bonchev–Trinajstić information content (AvgIpc) is 2.82. The standard InChI is InChI=1S/C16H21NO/c1-12-6-8-15(9-7-12)14(3)17-13(2)11-16-5-4-10-18-16/h4-10,13-14,17H,11H2,1-3H3/t13?,14-/m1/s1. The summed E-state index contributed by atoms with van der Waals surface area (Å²) in [6.45, 7) is 6.50. The molecule has 2 rings (SSSR count). The van der Waals surface area contributed by atoms with E-state index in [1.807, 2.05) is 12.1 Å². The fourth-order valence-corrected chi connectivity index (χ4v) is 2.17. The fourth-order valence-electron chi connectivity index (χ4n) is 2.17. The van der Waals surface area contributed by atoms with Crippen molar-refractivity contribution in [1.82, 2.24) is 5.32 Å². The Kier molecular flexibility index (Phi) is 4.21. The zero-order chi connectivity index (χ0) is 13.0. The molecule has 1 aromatic carbocycles. The van der Waals surface area contributed by atoms with Crippen LogP contribution in [0.25, 0.3) is 0 Å². The Morgan fingerprint density at radius 2 is 1.83 bits per heavy atom. The van der Waals surface area contributed by atoms with Crippen LogP contribution in [-0.2, 0) is 6.42 Å². The first-order valence-corrected chi connectivity index (χ1v) is 6.50. The molecule has 18 heavy (non-hydrogen) atoms. The maximum atomic E-state index is 5.37. The molecule has 0 aliphatic carbocycles. The molecule has 0 bridgehead atoms.